The maximum Gasteiger partial charge on any atom is 0.202 e. The van der Waals surface area contributed by atoms with Gasteiger partial charge in [0.25, 0.3) is 0 Å². The van der Waals surface area contributed by atoms with Crippen molar-refractivity contribution in [2.75, 3.05) is 13.7 Å². The van der Waals surface area contributed by atoms with E-state index in [1.54, 1.807) is 19.2 Å². The van der Waals surface area contributed by atoms with Gasteiger partial charge >= 0.3 is 0 Å². The fraction of sp³-hybridized carbons (Fsp3) is 0.571. The molecule has 0 saturated carbocycles. The normalized spacial score (nSPS) is 30.2. The van der Waals surface area contributed by atoms with Gasteiger partial charge in [0.1, 0.15) is 18.0 Å². The second-order valence-electron chi connectivity index (χ2n) is 4.78. The van der Waals surface area contributed by atoms with Crippen LogP contribution in [0, 0.1) is 0 Å². The van der Waals surface area contributed by atoms with Gasteiger partial charge in [-0.15, -0.1) is 0 Å². The molecule has 1 fully saturated rings. The van der Waals surface area contributed by atoms with E-state index in [0.717, 1.165) is 5.56 Å². The molecule has 0 aliphatic carbocycles. The van der Waals surface area contributed by atoms with Crippen molar-refractivity contribution in [3.63, 3.8) is 0 Å². The van der Waals surface area contributed by atoms with Crippen LogP contribution in [0.15, 0.2) is 24.3 Å². The molecular weight excluding hydrogens is 264 g/mol. The maximum absolute atomic E-state index is 9.70. The van der Waals surface area contributed by atoms with E-state index >= 15 is 0 Å². The van der Waals surface area contributed by atoms with Crippen molar-refractivity contribution in [2.24, 2.45) is 0 Å². The molecule has 3 N–H and O–H groups in total. The van der Waals surface area contributed by atoms with Gasteiger partial charge in [0.15, 0.2) is 0 Å². The average molecular weight is 284 g/mol. The van der Waals surface area contributed by atoms with E-state index in [-0.39, 0.29) is 13.0 Å². The van der Waals surface area contributed by atoms with Gasteiger partial charge in [-0.3, -0.25) is 0 Å². The molecule has 6 nitrogen and oxygen atoms in total. The van der Waals surface area contributed by atoms with E-state index < -0.39 is 24.6 Å². The molecule has 6 heteroatoms. The number of rotatable bonds is 5. The molecule has 112 valence electrons. The zero-order chi connectivity index (χ0) is 14.5. The van der Waals surface area contributed by atoms with E-state index in [2.05, 4.69) is 0 Å². The van der Waals surface area contributed by atoms with Gasteiger partial charge in [-0.2, -0.15) is 0 Å². The Labute approximate surface area is 117 Å². The lowest BCUT2D eigenvalue weighted by atomic mass is 10.0. The van der Waals surface area contributed by atoms with E-state index in [1.165, 1.54) is 0 Å². The number of methoxy groups -OCH3 is 1. The molecule has 0 bridgehead atoms. The van der Waals surface area contributed by atoms with Crippen LogP contribution in [0.4, 0.5) is 0 Å². The number of benzene rings is 1. The van der Waals surface area contributed by atoms with Crippen LogP contribution in [0.3, 0.4) is 0 Å². The molecule has 2 rings (SSSR count). The molecule has 0 radical (unpaired) electrons. The van der Waals surface area contributed by atoms with Crippen LogP contribution in [0.2, 0.25) is 0 Å². The van der Waals surface area contributed by atoms with Crippen molar-refractivity contribution in [1.29, 1.82) is 0 Å². The number of aliphatic hydroxyl groups is 3. The van der Waals surface area contributed by atoms with Crippen molar-refractivity contribution in [2.45, 2.75) is 37.6 Å². The van der Waals surface area contributed by atoms with Gasteiger partial charge in [0.2, 0.25) is 6.29 Å². The summed E-state index contributed by atoms with van der Waals surface area (Å²) in [6.07, 6.45) is -3.45. The second-order valence-corrected chi connectivity index (χ2v) is 4.78. The summed E-state index contributed by atoms with van der Waals surface area (Å²) in [6.45, 7) is 0.155. The molecule has 0 amide bonds. The fourth-order valence-corrected chi connectivity index (χ4v) is 2.13. The highest BCUT2D eigenvalue weighted by molar-refractivity contribution is 5.27. The Morgan fingerprint density at radius 2 is 1.95 bits per heavy atom. The summed E-state index contributed by atoms with van der Waals surface area (Å²) in [5.74, 6) is 0.593. The second kappa shape index (κ2) is 7.01. The van der Waals surface area contributed by atoms with Crippen LogP contribution < -0.4 is 4.74 Å². The third-order valence-electron chi connectivity index (χ3n) is 3.22. The summed E-state index contributed by atoms with van der Waals surface area (Å²) in [5, 5.41) is 28.4. The smallest absolute Gasteiger partial charge is 0.202 e. The van der Waals surface area contributed by atoms with E-state index in [9.17, 15) is 10.2 Å². The topological polar surface area (TPSA) is 88.4 Å². The first-order valence-corrected chi connectivity index (χ1v) is 6.51. The predicted octanol–water partition coefficient (Wildman–Crippen LogP) is 0.0409. The number of hydrogen-bond donors (Lipinski definition) is 3. The van der Waals surface area contributed by atoms with E-state index in [4.69, 9.17) is 19.3 Å². The minimum atomic E-state index is -1.09. The quantitative estimate of drug-likeness (QED) is 0.707. The molecule has 1 aliphatic heterocycles. The van der Waals surface area contributed by atoms with Crippen LogP contribution in [-0.4, -0.2) is 53.6 Å². The molecule has 20 heavy (non-hydrogen) atoms. The minimum Gasteiger partial charge on any atom is -0.465 e. The van der Waals surface area contributed by atoms with Crippen LogP contribution in [-0.2, 0) is 16.1 Å². The molecule has 4 unspecified atom stereocenters. The molecule has 0 spiro atoms. The highest BCUT2D eigenvalue weighted by atomic mass is 16.7. The monoisotopic (exact) mass is 284 g/mol. The average Bonchev–Trinajstić information content (AvgIpc) is 2.45. The molecular formula is C14H20O6. The molecule has 1 aliphatic rings. The van der Waals surface area contributed by atoms with Crippen LogP contribution in [0.25, 0.3) is 0 Å². The summed E-state index contributed by atoms with van der Waals surface area (Å²) in [7, 11) is 1.63. The van der Waals surface area contributed by atoms with Gasteiger partial charge in [0, 0.05) is 13.5 Å². The SMILES string of the molecule is COCc1ccc(OC2CC(O)C(O)C(CO)O2)cc1. The zero-order valence-electron chi connectivity index (χ0n) is 11.3. The van der Waals surface area contributed by atoms with Crippen molar-refractivity contribution in [1.82, 2.24) is 0 Å². The Kier molecular flexibility index (Phi) is 5.33. The van der Waals surface area contributed by atoms with Crippen molar-refractivity contribution in [3.05, 3.63) is 29.8 Å². The molecule has 4 atom stereocenters. The molecule has 1 aromatic rings. The molecule has 1 saturated heterocycles. The Balaban J connectivity index is 1.95. The van der Waals surface area contributed by atoms with Gasteiger partial charge in [0.05, 0.1) is 19.3 Å². The Morgan fingerprint density at radius 1 is 1.25 bits per heavy atom. The number of ether oxygens (including phenoxy) is 3. The summed E-state index contributed by atoms with van der Waals surface area (Å²) in [5.41, 5.74) is 1.02. The minimum absolute atomic E-state index is 0.150. The van der Waals surface area contributed by atoms with Crippen LogP contribution in [0.1, 0.15) is 12.0 Å². The first-order chi connectivity index (χ1) is 9.63. The Bertz CT molecular complexity index is 407. The van der Waals surface area contributed by atoms with Gasteiger partial charge in [-0.25, -0.2) is 0 Å². The fourth-order valence-electron chi connectivity index (χ4n) is 2.13. The number of aliphatic hydroxyl groups excluding tert-OH is 3. The van der Waals surface area contributed by atoms with E-state index in [1.807, 2.05) is 12.1 Å². The summed E-state index contributed by atoms with van der Waals surface area (Å²) in [6, 6.07) is 7.30. The third kappa shape index (κ3) is 3.68. The lowest BCUT2D eigenvalue weighted by Gasteiger charge is -2.36. The largest absolute Gasteiger partial charge is 0.465 e. The lowest BCUT2D eigenvalue weighted by molar-refractivity contribution is -0.229. The van der Waals surface area contributed by atoms with Crippen LogP contribution >= 0.6 is 0 Å². The van der Waals surface area contributed by atoms with Crippen LogP contribution in [0.5, 0.6) is 5.75 Å². The molecule has 1 heterocycles. The standard InChI is InChI=1S/C14H20O6/c1-18-8-9-2-4-10(5-3-9)19-13-6-11(16)14(17)12(7-15)20-13/h2-5,11-17H,6-8H2,1H3. The van der Waals surface area contributed by atoms with E-state index in [0.29, 0.717) is 12.4 Å². The first-order valence-electron chi connectivity index (χ1n) is 6.51. The summed E-state index contributed by atoms with van der Waals surface area (Å²) in [4.78, 5) is 0. The first kappa shape index (κ1) is 15.2. The van der Waals surface area contributed by atoms with Gasteiger partial charge in [-0.05, 0) is 17.7 Å². The maximum atomic E-state index is 9.70. The Hall–Kier alpha value is -1.18. The highest BCUT2D eigenvalue weighted by Gasteiger charge is 2.37. The number of hydrogen-bond acceptors (Lipinski definition) is 6. The highest BCUT2D eigenvalue weighted by Crippen LogP contribution is 2.23. The Morgan fingerprint density at radius 3 is 2.55 bits per heavy atom. The lowest BCUT2D eigenvalue weighted by Crippen LogP contribution is -2.51. The summed E-state index contributed by atoms with van der Waals surface area (Å²) >= 11 is 0. The summed E-state index contributed by atoms with van der Waals surface area (Å²) < 4.78 is 16.0. The van der Waals surface area contributed by atoms with Gasteiger partial charge < -0.3 is 29.5 Å². The van der Waals surface area contributed by atoms with Crippen molar-refractivity contribution < 1.29 is 29.5 Å². The predicted molar refractivity (Wildman–Crippen MR) is 70.2 cm³/mol. The zero-order valence-corrected chi connectivity index (χ0v) is 11.3. The van der Waals surface area contributed by atoms with Crippen molar-refractivity contribution in [3.8, 4) is 5.75 Å². The molecule has 0 aromatic heterocycles. The van der Waals surface area contributed by atoms with Gasteiger partial charge in [-0.1, -0.05) is 12.1 Å². The van der Waals surface area contributed by atoms with Crippen molar-refractivity contribution >= 4 is 0 Å². The molecule has 1 aromatic carbocycles. The third-order valence-corrected chi connectivity index (χ3v) is 3.22.